The molecule has 0 bridgehead atoms. The molecule has 14 nitrogen and oxygen atoms in total. The Morgan fingerprint density at radius 3 is 2.15 bits per heavy atom. The summed E-state index contributed by atoms with van der Waals surface area (Å²) < 4.78 is 10.1. The van der Waals surface area contributed by atoms with E-state index in [0.29, 0.717) is 0 Å². The average Bonchev–Trinajstić information content (AvgIpc) is 2.53. The van der Waals surface area contributed by atoms with Crippen molar-refractivity contribution >= 4 is 29.9 Å². The average molecular weight is 378 g/mol. The van der Waals surface area contributed by atoms with Crippen LogP contribution in [0.4, 0.5) is 14.4 Å². The number of ether oxygens (including phenoxy) is 2. The molecule has 0 rings (SSSR count). The lowest BCUT2D eigenvalue weighted by atomic mass is 10.3. The number of aliphatic hydroxyl groups excluding tert-OH is 1. The third-order valence-corrected chi connectivity index (χ3v) is 2.46. The summed E-state index contributed by atoms with van der Waals surface area (Å²) in [6.07, 6.45) is 0. The molecule has 0 radical (unpaired) electrons. The summed E-state index contributed by atoms with van der Waals surface area (Å²) in [5, 5.41) is 16.7. The van der Waals surface area contributed by atoms with Gasteiger partial charge in [-0.1, -0.05) is 0 Å². The highest BCUT2D eigenvalue weighted by Crippen LogP contribution is 1.83. The van der Waals surface area contributed by atoms with Crippen molar-refractivity contribution in [1.29, 1.82) is 0 Å². The Morgan fingerprint density at radius 2 is 1.58 bits per heavy atom. The molecule has 0 heterocycles. The first kappa shape index (κ1) is 23.0. The fourth-order valence-corrected chi connectivity index (χ4v) is 1.35. The molecule has 9 N–H and O–H groups in total. The highest BCUT2D eigenvalue weighted by molar-refractivity contribution is 6.00. The fraction of sp³-hybridized carbons (Fsp3) is 0.583. The minimum atomic E-state index is -1.18. The van der Waals surface area contributed by atoms with Crippen molar-refractivity contribution in [1.82, 2.24) is 21.3 Å². The van der Waals surface area contributed by atoms with E-state index < -0.39 is 42.6 Å². The van der Waals surface area contributed by atoms with Crippen LogP contribution in [0, 0.1) is 0 Å². The molecule has 0 aliphatic carbocycles. The Balaban J connectivity index is 3.60. The zero-order valence-electron chi connectivity index (χ0n) is 13.8. The number of amides is 8. The van der Waals surface area contributed by atoms with Gasteiger partial charge in [-0.3, -0.25) is 20.2 Å². The van der Waals surface area contributed by atoms with Gasteiger partial charge in [0.1, 0.15) is 12.6 Å². The summed E-state index contributed by atoms with van der Waals surface area (Å²) in [5.41, 5.74) is 9.62. The minimum absolute atomic E-state index is 0.0565. The van der Waals surface area contributed by atoms with Crippen LogP contribution in [-0.2, 0) is 19.1 Å². The maximum absolute atomic E-state index is 11.4. The third kappa shape index (κ3) is 12.5. The maximum atomic E-state index is 11.4. The van der Waals surface area contributed by atoms with E-state index in [1.54, 1.807) is 10.6 Å². The summed E-state index contributed by atoms with van der Waals surface area (Å²) >= 11 is 0. The second-order valence-corrected chi connectivity index (χ2v) is 4.57. The van der Waals surface area contributed by atoms with E-state index in [-0.39, 0.29) is 33.0 Å². The molecule has 14 heteroatoms. The standard InChI is InChI=1S/C12H22N6O8/c13-9(21)7(5-19)16-8(20)6-26-4-3-25-2-1-15-11(23)18-12(24)17-10(14)22/h7,19H,1-6H2,(H2,13,21)(H,16,20)(H5,14,15,17,18,22,23,24). The van der Waals surface area contributed by atoms with Crippen LogP contribution in [0.3, 0.4) is 0 Å². The molecule has 0 aromatic rings. The molecule has 0 saturated carbocycles. The van der Waals surface area contributed by atoms with E-state index >= 15 is 0 Å². The minimum Gasteiger partial charge on any atom is -0.394 e. The first-order valence-electron chi connectivity index (χ1n) is 7.26. The van der Waals surface area contributed by atoms with Crippen molar-refractivity contribution in [3.8, 4) is 0 Å². The number of nitrogens with two attached hydrogens (primary N) is 2. The normalized spacial score (nSPS) is 11.1. The lowest BCUT2D eigenvalue weighted by Gasteiger charge is -2.12. The van der Waals surface area contributed by atoms with Gasteiger partial charge < -0.3 is 36.7 Å². The quantitative estimate of drug-likeness (QED) is 0.175. The lowest BCUT2D eigenvalue weighted by molar-refractivity contribution is -0.131. The summed E-state index contributed by atoms with van der Waals surface area (Å²) in [7, 11) is 0. The fourth-order valence-electron chi connectivity index (χ4n) is 1.35. The van der Waals surface area contributed by atoms with Gasteiger partial charge in [-0.2, -0.15) is 0 Å². The molecule has 0 aliphatic rings. The summed E-state index contributed by atoms with van der Waals surface area (Å²) in [4.78, 5) is 54.7. The number of aliphatic hydroxyl groups is 1. The largest absolute Gasteiger partial charge is 0.394 e. The SMILES string of the molecule is NC(=O)NC(=O)NC(=O)NCCOCCOCC(=O)NC(CO)C(N)=O. The van der Waals surface area contributed by atoms with Gasteiger partial charge in [-0.15, -0.1) is 0 Å². The van der Waals surface area contributed by atoms with Crippen molar-refractivity contribution in [2.45, 2.75) is 6.04 Å². The highest BCUT2D eigenvalue weighted by atomic mass is 16.5. The third-order valence-electron chi connectivity index (χ3n) is 2.46. The Bertz CT molecular complexity index is 514. The molecule has 0 spiro atoms. The van der Waals surface area contributed by atoms with Crippen LogP contribution in [0.15, 0.2) is 0 Å². The molecule has 0 fully saturated rings. The number of hydrogen-bond donors (Lipinski definition) is 7. The van der Waals surface area contributed by atoms with E-state index in [4.69, 9.17) is 20.3 Å². The maximum Gasteiger partial charge on any atom is 0.330 e. The first-order valence-corrected chi connectivity index (χ1v) is 7.26. The summed E-state index contributed by atoms with van der Waals surface area (Å²) in [6, 6.07) is -4.20. The van der Waals surface area contributed by atoms with Crippen LogP contribution < -0.4 is 32.7 Å². The van der Waals surface area contributed by atoms with Crippen LogP contribution in [0.1, 0.15) is 0 Å². The molecule has 0 aromatic heterocycles. The van der Waals surface area contributed by atoms with Crippen molar-refractivity contribution in [2.75, 3.05) is 39.6 Å². The lowest BCUT2D eigenvalue weighted by Crippen LogP contribution is -2.48. The van der Waals surface area contributed by atoms with Gasteiger partial charge in [0.2, 0.25) is 11.8 Å². The molecule has 0 saturated heterocycles. The molecule has 1 atom stereocenters. The van der Waals surface area contributed by atoms with Crippen molar-refractivity contribution in [3.63, 3.8) is 0 Å². The second-order valence-electron chi connectivity index (χ2n) is 4.57. The number of imide groups is 2. The number of carbonyl (C=O) groups is 5. The van der Waals surface area contributed by atoms with Gasteiger partial charge in [0.25, 0.3) is 0 Å². The number of carbonyl (C=O) groups excluding carboxylic acids is 5. The Morgan fingerprint density at radius 1 is 0.923 bits per heavy atom. The van der Waals surface area contributed by atoms with Crippen molar-refractivity contribution in [3.05, 3.63) is 0 Å². The van der Waals surface area contributed by atoms with Gasteiger partial charge in [0.15, 0.2) is 0 Å². The zero-order valence-corrected chi connectivity index (χ0v) is 13.8. The number of urea groups is 3. The molecular formula is C12H22N6O8. The van der Waals surface area contributed by atoms with Crippen molar-refractivity contribution < 1.29 is 38.6 Å². The Hall–Kier alpha value is -2.97. The Kier molecular flexibility index (Phi) is 11.8. The Labute approximate surface area is 147 Å². The van der Waals surface area contributed by atoms with E-state index in [2.05, 4.69) is 16.4 Å². The van der Waals surface area contributed by atoms with Crippen LogP contribution in [-0.4, -0.2) is 80.6 Å². The van der Waals surface area contributed by atoms with E-state index in [1.807, 2.05) is 0 Å². The van der Waals surface area contributed by atoms with E-state index in [1.165, 1.54) is 0 Å². The molecule has 148 valence electrons. The molecule has 26 heavy (non-hydrogen) atoms. The smallest absolute Gasteiger partial charge is 0.330 e. The van der Waals surface area contributed by atoms with Crippen LogP contribution >= 0.6 is 0 Å². The molecule has 8 amide bonds. The molecule has 1 unspecified atom stereocenters. The van der Waals surface area contributed by atoms with Gasteiger partial charge in [-0.25, -0.2) is 14.4 Å². The van der Waals surface area contributed by atoms with E-state index in [0.717, 1.165) is 0 Å². The number of hydrogen-bond acceptors (Lipinski definition) is 8. The molecular weight excluding hydrogens is 356 g/mol. The van der Waals surface area contributed by atoms with Crippen LogP contribution in [0.25, 0.3) is 0 Å². The topological polar surface area (TPSA) is 224 Å². The first-order chi connectivity index (χ1) is 12.3. The molecule has 0 aliphatic heterocycles. The predicted octanol–water partition coefficient (Wildman–Crippen LogP) is -3.93. The summed E-state index contributed by atoms with van der Waals surface area (Å²) in [6.45, 7) is -0.654. The van der Waals surface area contributed by atoms with Gasteiger partial charge >= 0.3 is 18.1 Å². The predicted molar refractivity (Wildman–Crippen MR) is 84.5 cm³/mol. The monoisotopic (exact) mass is 378 g/mol. The van der Waals surface area contributed by atoms with Crippen molar-refractivity contribution in [2.24, 2.45) is 11.5 Å². The highest BCUT2D eigenvalue weighted by Gasteiger charge is 2.16. The second kappa shape index (κ2) is 13.3. The zero-order chi connectivity index (χ0) is 19.9. The summed E-state index contributed by atoms with van der Waals surface area (Å²) in [5.74, 6) is -1.50. The van der Waals surface area contributed by atoms with Crippen LogP contribution in [0.5, 0.6) is 0 Å². The molecule has 0 aromatic carbocycles. The van der Waals surface area contributed by atoms with Gasteiger partial charge in [0, 0.05) is 6.54 Å². The van der Waals surface area contributed by atoms with Gasteiger partial charge in [0.05, 0.1) is 26.4 Å². The number of rotatable bonds is 11. The number of nitrogens with one attached hydrogen (secondary N) is 4. The van der Waals surface area contributed by atoms with E-state index in [9.17, 15) is 24.0 Å². The van der Waals surface area contributed by atoms with Crippen LogP contribution in [0.2, 0.25) is 0 Å². The number of primary amides is 2. The van der Waals surface area contributed by atoms with Gasteiger partial charge in [-0.05, 0) is 0 Å².